The molecule has 0 unspecified atom stereocenters. The molecule has 2 heterocycles. The first kappa shape index (κ1) is 18.1. The van der Waals surface area contributed by atoms with Crippen molar-refractivity contribution in [1.82, 2.24) is 19.2 Å². The summed E-state index contributed by atoms with van der Waals surface area (Å²) >= 11 is 3.37. The van der Waals surface area contributed by atoms with Crippen LogP contribution in [0.25, 0.3) is 22.5 Å². The van der Waals surface area contributed by atoms with E-state index in [9.17, 15) is 8.42 Å². The molecule has 0 spiro atoms. The van der Waals surface area contributed by atoms with Crippen molar-refractivity contribution in [2.75, 3.05) is 0 Å². The van der Waals surface area contributed by atoms with Gasteiger partial charge in [-0.05, 0) is 42.0 Å². The molecule has 0 saturated carbocycles. The van der Waals surface area contributed by atoms with E-state index in [-0.39, 0.29) is 10.9 Å². The highest BCUT2D eigenvalue weighted by Crippen LogP contribution is 2.27. The Bertz CT molecular complexity index is 1440. The van der Waals surface area contributed by atoms with E-state index in [0.29, 0.717) is 11.3 Å². The van der Waals surface area contributed by atoms with Gasteiger partial charge < -0.3 is 0 Å². The van der Waals surface area contributed by atoms with Gasteiger partial charge in [0.1, 0.15) is 0 Å². The molecule has 0 aliphatic heterocycles. The average Bonchev–Trinajstić information content (AvgIpc) is 3.29. The Balaban J connectivity index is 1.73. The first-order valence-electron chi connectivity index (χ1n) is 8.92. The van der Waals surface area contributed by atoms with Crippen molar-refractivity contribution >= 4 is 42.6 Å². The monoisotopic (exact) mass is 466 g/mol. The van der Waals surface area contributed by atoms with Gasteiger partial charge in [-0.2, -0.15) is 0 Å². The van der Waals surface area contributed by atoms with Crippen LogP contribution in [0.1, 0.15) is 5.56 Å². The molecular formula is C21H15BrN4O2S. The summed E-state index contributed by atoms with van der Waals surface area (Å²) in [6.45, 7) is 0. The SMILES string of the molecule is O=S(=O)(Cc1ccc(Br)cc1)c1nnc2n(-c3ccccc3)c3ccccc3n12. The normalized spacial score (nSPS) is 12.0. The first-order valence-corrected chi connectivity index (χ1v) is 11.4. The van der Waals surface area contributed by atoms with E-state index in [0.717, 1.165) is 21.2 Å². The maximum absolute atomic E-state index is 13.2. The van der Waals surface area contributed by atoms with Gasteiger partial charge in [0, 0.05) is 10.2 Å². The smallest absolute Gasteiger partial charge is 0.256 e. The zero-order valence-corrected chi connectivity index (χ0v) is 17.5. The second-order valence-corrected chi connectivity index (χ2v) is 9.46. The van der Waals surface area contributed by atoms with Crippen LogP contribution in [0.5, 0.6) is 0 Å². The maximum atomic E-state index is 13.2. The largest absolute Gasteiger partial charge is 0.277 e. The van der Waals surface area contributed by atoms with Crippen LogP contribution in [0.4, 0.5) is 0 Å². The number of aromatic nitrogens is 4. The minimum absolute atomic E-state index is 0.0544. The minimum atomic E-state index is -3.71. The first-order chi connectivity index (χ1) is 14.0. The van der Waals surface area contributed by atoms with E-state index < -0.39 is 9.84 Å². The summed E-state index contributed by atoms with van der Waals surface area (Å²) in [4.78, 5) is 0. The van der Waals surface area contributed by atoms with Gasteiger partial charge in [-0.3, -0.25) is 4.57 Å². The highest BCUT2D eigenvalue weighted by Gasteiger charge is 2.26. The second kappa shape index (κ2) is 6.82. The van der Waals surface area contributed by atoms with Crippen LogP contribution in [-0.4, -0.2) is 27.6 Å². The molecule has 0 aliphatic rings. The van der Waals surface area contributed by atoms with Crippen molar-refractivity contribution in [2.24, 2.45) is 0 Å². The number of hydrogen-bond acceptors (Lipinski definition) is 4. The number of imidazole rings is 1. The van der Waals surface area contributed by atoms with E-state index in [4.69, 9.17) is 0 Å². The Morgan fingerprint density at radius 2 is 1.45 bits per heavy atom. The van der Waals surface area contributed by atoms with Crippen LogP contribution < -0.4 is 0 Å². The third-order valence-electron chi connectivity index (χ3n) is 4.74. The van der Waals surface area contributed by atoms with Crippen LogP contribution in [0.3, 0.4) is 0 Å². The van der Waals surface area contributed by atoms with Crippen molar-refractivity contribution in [3.63, 3.8) is 0 Å². The van der Waals surface area contributed by atoms with Gasteiger partial charge in [-0.25, -0.2) is 12.8 Å². The third kappa shape index (κ3) is 3.04. The summed E-state index contributed by atoms with van der Waals surface area (Å²) in [5, 5.41) is 8.26. The zero-order chi connectivity index (χ0) is 20.0. The minimum Gasteiger partial charge on any atom is -0.277 e. The molecule has 0 radical (unpaired) electrons. The average molecular weight is 467 g/mol. The van der Waals surface area contributed by atoms with E-state index in [2.05, 4.69) is 26.1 Å². The Morgan fingerprint density at radius 1 is 0.793 bits per heavy atom. The van der Waals surface area contributed by atoms with Gasteiger partial charge in [0.05, 0.1) is 16.8 Å². The Morgan fingerprint density at radius 3 is 2.17 bits per heavy atom. The van der Waals surface area contributed by atoms with Gasteiger partial charge in [-0.15, -0.1) is 10.2 Å². The summed E-state index contributed by atoms with van der Waals surface area (Å²) in [7, 11) is -3.71. The molecule has 2 aromatic heterocycles. The molecular weight excluding hydrogens is 452 g/mol. The van der Waals surface area contributed by atoms with Crippen LogP contribution in [-0.2, 0) is 15.6 Å². The summed E-state index contributed by atoms with van der Waals surface area (Å²) in [5.41, 5.74) is 3.19. The number of sulfone groups is 1. The van der Waals surface area contributed by atoms with Crippen LogP contribution in [0.2, 0.25) is 0 Å². The molecule has 0 bridgehead atoms. The quantitative estimate of drug-likeness (QED) is 0.393. The highest BCUT2D eigenvalue weighted by atomic mass is 79.9. The zero-order valence-electron chi connectivity index (χ0n) is 15.1. The molecule has 0 atom stereocenters. The molecule has 5 rings (SSSR count). The summed E-state index contributed by atoms with van der Waals surface area (Å²) in [6.07, 6.45) is 0. The fourth-order valence-corrected chi connectivity index (χ4v) is 5.11. The van der Waals surface area contributed by atoms with Crippen LogP contribution >= 0.6 is 15.9 Å². The number of rotatable bonds is 4. The van der Waals surface area contributed by atoms with Gasteiger partial charge >= 0.3 is 0 Å². The van der Waals surface area contributed by atoms with Gasteiger partial charge in [0.15, 0.2) is 0 Å². The lowest BCUT2D eigenvalue weighted by molar-refractivity contribution is 0.585. The van der Waals surface area contributed by atoms with Crippen molar-refractivity contribution in [3.8, 4) is 5.69 Å². The van der Waals surface area contributed by atoms with Gasteiger partial charge in [-0.1, -0.05) is 58.4 Å². The molecule has 5 aromatic rings. The van der Waals surface area contributed by atoms with E-state index in [1.807, 2.05) is 71.3 Å². The molecule has 0 N–H and O–H groups in total. The Hall–Kier alpha value is -2.97. The molecule has 0 fully saturated rings. The number of halogens is 1. The van der Waals surface area contributed by atoms with Crippen molar-refractivity contribution in [3.05, 3.63) is 88.9 Å². The van der Waals surface area contributed by atoms with E-state index in [1.54, 1.807) is 16.5 Å². The predicted molar refractivity (Wildman–Crippen MR) is 115 cm³/mol. The summed E-state index contributed by atoms with van der Waals surface area (Å²) < 4.78 is 30.9. The number of benzene rings is 3. The third-order valence-corrected chi connectivity index (χ3v) is 6.80. The molecule has 0 amide bonds. The molecule has 144 valence electrons. The number of para-hydroxylation sites is 3. The van der Waals surface area contributed by atoms with Crippen molar-refractivity contribution < 1.29 is 8.42 Å². The number of hydrogen-bond donors (Lipinski definition) is 0. The van der Waals surface area contributed by atoms with Crippen LogP contribution in [0.15, 0.2) is 88.5 Å². The van der Waals surface area contributed by atoms with Gasteiger partial charge in [0.2, 0.25) is 15.6 Å². The fraction of sp³-hybridized carbons (Fsp3) is 0.0476. The lowest BCUT2D eigenvalue weighted by atomic mass is 10.2. The number of nitrogens with zero attached hydrogens (tertiary/aromatic N) is 4. The Kier molecular flexibility index (Phi) is 4.25. The highest BCUT2D eigenvalue weighted by molar-refractivity contribution is 9.10. The second-order valence-electron chi connectivity index (χ2n) is 6.66. The predicted octanol–water partition coefficient (Wildman–Crippen LogP) is 4.41. The van der Waals surface area contributed by atoms with E-state index >= 15 is 0 Å². The van der Waals surface area contributed by atoms with Crippen molar-refractivity contribution in [2.45, 2.75) is 10.9 Å². The number of fused-ring (bicyclic) bond motifs is 3. The molecule has 29 heavy (non-hydrogen) atoms. The van der Waals surface area contributed by atoms with Crippen LogP contribution in [0, 0.1) is 0 Å². The lowest BCUT2D eigenvalue weighted by Gasteiger charge is -2.03. The maximum Gasteiger partial charge on any atom is 0.256 e. The van der Waals surface area contributed by atoms with Gasteiger partial charge in [0.25, 0.3) is 5.16 Å². The molecule has 3 aromatic carbocycles. The summed E-state index contributed by atoms with van der Waals surface area (Å²) in [6, 6.07) is 24.6. The van der Waals surface area contributed by atoms with E-state index in [1.165, 1.54) is 0 Å². The molecule has 8 heteroatoms. The topological polar surface area (TPSA) is 69.3 Å². The lowest BCUT2D eigenvalue weighted by Crippen LogP contribution is -2.09. The molecule has 0 aliphatic carbocycles. The fourth-order valence-electron chi connectivity index (χ4n) is 3.47. The summed E-state index contributed by atoms with van der Waals surface area (Å²) in [5.74, 6) is 0.318. The Labute approximate surface area is 175 Å². The molecule has 0 saturated heterocycles. The van der Waals surface area contributed by atoms with Crippen molar-refractivity contribution in [1.29, 1.82) is 0 Å². The molecule has 6 nitrogen and oxygen atoms in total. The standard InChI is InChI=1S/C21H15BrN4O2S/c22-16-12-10-15(11-13-16)14-29(27,28)21-24-23-20-25(17-6-2-1-3-7-17)18-8-4-5-9-19(18)26(20)21/h1-13H,14H2.